The number of hydrogen-bond donors (Lipinski definition) is 2. The summed E-state index contributed by atoms with van der Waals surface area (Å²) in [6.45, 7) is 2.63. The number of benzene rings is 2. The summed E-state index contributed by atoms with van der Waals surface area (Å²) in [5, 5.41) is 5.65. The van der Waals surface area contributed by atoms with Crippen LogP contribution in [0, 0.1) is 12.3 Å². The third-order valence-corrected chi connectivity index (χ3v) is 7.07. The lowest BCUT2D eigenvalue weighted by Gasteiger charge is -2.30. The Kier molecular flexibility index (Phi) is 6.56. The molecule has 9 heteroatoms. The number of halogens is 3. The Labute approximate surface area is 213 Å². The van der Waals surface area contributed by atoms with Crippen LogP contribution in [0.25, 0.3) is 0 Å². The van der Waals surface area contributed by atoms with Crippen molar-refractivity contribution in [2.75, 3.05) is 11.9 Å². The van der Waals surface area contributed by atoms with Crippen molar-refractivity contribution in [2.24, 2.45) is 0 Å². The second kappa shape index (κ2) is 9.18. The summed E-state index contributed by atoms with van der Waals surface area (Å²) in [6, 6.07) is 9.84. The van der Waals surface area contributed by atoms with E-state index in [2.05, 4.69) is 16.6 Å². The first kappa shape index (κ1) is 25.0. The van der Waals surface area contributed by atoms with Crippen LogP contribution >= 0.6 is 23.2 Å². The lowest BCUT2D eigenvalue weighted by molar-refractivity contribution is -0.134. The Bertz CT molecular complexity index is 1230. The zero-order valence-corrected chi connectivity index (χ0v) is 20.7. The van der Waals surface area contributed by atoms with E-state index < -0.39 is 35.0 Å². The molecule has 0 aromatic heterocycles. The van der Waals surface area contributed by atoms with Crippen LogP contribution in [0.1, 0.15) is 42.6 Å². The van der Waals surface area contributed by atoms with E-state index in [0.29, 0.717) is 5.69 Å². The van der Waals surface area contributed by atoms with Crippen molar-refractivity contribution in [1.29, 1.82) is 0 Å². The Morgan fingerprint density at radius 3 is 2.54 bits per heavy atom. The van der Waals surface area contributed by atoms with Gasteiger partial charge in [0.05, 0.1) is 27.1 Å². The number of terminal acetylenes is 1. The summed E-state index contributed by atoms with van der Waals surface area (Å²) in [5.41, 5.74) is -1.39. The Morgan fingerprint density at radius 1 is 1.26 bits per heavy atom. The van der Waals surface area contributed by atoms with Gasteiger partial charge in [-0.1, -0.05) is 53.4 Å². The maximum absolute atomic E-state index is 14.8. The highest BCUT2D eigenvalue weighted by atomic mass is 35.5. The summed E-state index contributed by atoms with van der Waals surface area (Å²) < 4.78 is 14.8. The minimum atomic E-state index is -1.79. The zero-order chi connectivity index (χ0) is 25.5. The first-order valence-electron chi connectivity index (χ1n) is 11.1. The molecule has 2 N–H and O–H groups in total. The van der Waals surface area contributed by atoms with Crippen LogP contribution in [0.5, 0.6) is 0 Å². The van der Waals surface area contributed by atoms with Crippen LogP contribution in [-0.4, -0.2) is 46.9 Å². The molecule has 0 bridgehead atoms. The van der Waals surface area contributed by atoms with Crippen molar-refractivity contribution >= 4 is 46.6 Å². The van der Waals surface area contributed by atoms with Crippen LogP contribution in [0.2, 0.25) is 10.0 Å². The molecule has 0 aliphatic carbocycles. The van der Waals surface area contributed by atoms with Crippen molar-refractivity contribution in [2.45, 2.75) is 49.9 Å². The molecule has 1 fully saturated rings. The van der Waals surface area contributed by atoms with Crippen LogP contribution in [0.3, 0.4) is 0 Å². The number of hydrogen-bond acceptors (Lipinski definition) is 3. The van der Waals surface area contributed by atoms with Crippen LogP contribution < -0.4 is 10.6 Å². The number of anilines is 1. The maximum atomic E-state index is 14.8. The smallest absolute Gasteiger partial charge is 0.254 e. The van der Waals surface area contributed by atoms with Gasteiger partial charge >= 0.3 is 0 Å². The summed E-state index contributed by atoms with van der Waals surface area (Å²) in [5.74, 6) is 1.06. The number of para-hydroxylation sites is 1. The van der Waals surface area contributed by atoms with Gasteiger partial charge in [0.15, 0.2) is 0 Å². The van der Waals surface area contributed by atoms with Gasteiger partial charge in [0, 0.05) is 18.7 Å². The number of fused-ring (bicyclic) bond motifs is 2. The molecule has 3 atom stereocenters. The number of alkyl halides is 1. The van der Waals surface area contributed by atoms with Gasteiger partial charge in [-0.2, -0.15) is 0 Å². The van der Waals surface area contributed by atoms with Crippen LogP contribution in [0.4, 0.5) is 10.1 Å². The van der Waals surface area contributed by atoms with Crippen molar-refractivity contribution < 1.29 is 18.8 Å². The monoisotopic (exact) mass is 515 g/mol. The number of nitrogens with one attached hydrogen (secondary N) is 2. The van der Waals surface area contributed by atoms with Gasteiger partial charge in [-0.25, -0.2) is 4.39 Å². The van der Waals surface area contributed by atoms with Gasteiger partial charge in [-0.05, 0) is 44.0 Å². The molecule has 1 saturated heterocycles. The molecule has 3 amide bonds. The quantitative estimate of drug-likeness (QED) is 0.580. The van der Waals surface area contributed by atoms with Crippen LogP contribution in [-0.2, 0) is 15.0 Å². The highest BCUT2D eigenvalue weighted by Crippen LogP contribution is 2.46. The molecule has 35 heavy (non-hydrogen) atoms. The van der Waals surface area contributed by atoms with E-state index in [0.717, 1.165) is 5.56 Å². The van der Waals surface area contributed by atoms with Gasteiger partial charge in [-0.3, -0.25) is 14.4 Å². The molecule has 6 nitrogen and oxygen atoms in total. The van der Waals surface area contributed by atoms with Gasteiger partial charge in [0.1, 0.15) is 11.7 Å². The number of carbonyl (C=O) groups excluding carboxylic acids is 3. The summed E-state index contributed by atoms with van der Waals surface area (Å²) in [7, 11) is 0. The van der Waals surface area contributed by atoms with Gasteiger partial charge in [0.2, 0.25) is 11.8 Å². The Hall–Kier alpha value is -3.08. The van der Waals surface area contributed by atoms with E-state index in [1.165, 1.54) is 30.9 Å². The summed E-state index contributed by atoms with van der Waals surface area (Å²) in [4.78, 5) is 41.2. The average molecular weight is 516 g/mol. The topological polar surface area (TPSA) is 78.5 Å². The lowest BCUT2D eigenvalue weighted by Crippen LogP contribution is -2.52. The first-order valence-corrected chi connectivity index (χ1v) is 11.8. The average Bonchev–Trinajstić information content (AvgIpc) is 3.30. The number of nitrogens with zero attached hydrogens (tertiary/aromatic N) is 1. The lowest BCUT2D eigenvalue weighted by atomic mass is 9.79. The van der Waals surface area contributed by atoms with Crippen molar-refractivity contribution in [3.05, 3.63) is 63.6 Å². The van der Waals surface area contributed by atoms with Crippen molar-refractivity contribution in [3.8, 4) is 12.3 Å². The standard InChI is InChI=1S/C26H24Cl2FN3O3/c1-4-15-12-26(16-8-5-6-11-19(16)31-24(26)35)14-32(15)23(34)20(13-25(2,3)29)30-22(33)21-17(27)9-7-10-18(21)28/h1,5-11,15,20H,12-14H2,2-3H3,(H,30,33)(H,31,35)/t15-,20?,26+/m1/s1. The predicted molar refractivity (Wildman–Crippen MR) is 133 cm³/mol. The van der Waals surface area contributed by atoms with Crippen LogP contribution in [0.15, 0.2) is 42.5 Å². The van der Waals surface area contributed by atoms with Gasteiger partial charge < -0.3 is 15.5 Å². The Morgan fingerprint density at radius 2 is 1.91 bits per heavy atom. The van der Waals surface area contributed by atoms with Gasteiger partial charge in [-0.15, -0.1) is 6.42 Å². The molecule has 1 unspecified atom stereocenters. The molecular weight excluding hydrogens is 492 g/mol. The maximum Gasteiger partial charge on any atom is 0.254 e. The molecule has 4 rings (SSSR count). The highest BCUT2D eigenvalue weighted by Gasteiger charge is 2.56. The molecule has 2 aromatic rings. The van der Waals surface area contributed by atoms with Gasteiger partial charge in [0.25, 0.3) is 5.91 Å². The molecule has 0 saturated carbocycles. The second-order valence-corrected chi connectivity index (χ2v) is 10.3. The fourth-order valence-electron chi connectivity index (χ4n) is 4.85. The highest BCUT2D eigenvalue weighted by molar-refractivity contribution is 6.39. The van der Waals surface area contributed by atoms with E-state index >= 15 is 0 Å². The fourth-order valence-corrected chi connectivity index (χ4v) is 5.42. The SMILES string of the molecule is C#C[C@@H]1C[C@@]2(CN1C(=O)C(CC(C)(C)F)NC(=O)c1c(Cl)cccc1Cl)C(=O)Nc1ccccc12. The van der Waals surface area contributed by atoms with E-state index in [9.17, 15) is 18.8 Å². The van der Waals surface area contributed by atoms with Crippen molar-refractivity contribution in [3.63, 3.8) is 0 Å². The summed E-state index contributed by atoms with van der Waals surface area (Å²) in [6.07, 6.45) is 5.67. The first-order chi connectivity index (χ1) is 16.5. The van der Waals surface area contributed by atoms with E-state index in [1.807, 2.05) is 18.2 Å². The predicted octanol–water partition coefficient (Wildman–Crippen LogP) is 4.35. The molecule has 182 valence electrons. The minimum absolute atomic E-state index is 0.00941. The normalized spacial score (nSPS) is 21.9. The van der Waals surface area contributed by atoms with E-state index in [4.69, 9.17) is 29.6 Å². The van der Waals surface area contributed by atoms with E-state index in [1.54, 1.807) is 12.1 Å². The summed E-state index contributed by atoms with van der Waals surface area (Å²) >= 11 is 12.3. The number of likely N-dealkylation sites (tertiary alicyclic amines) is 1. The van der Waals surface area contributed by atoms with Crippen molar-refractivity contribution in [1.82, 2.24) is 10.2 Å². The Balaban J connectivity index is 1.66. The zero-order valence-electron chi connectivity index (χ0n) is 19.2. The number of carbonyl (C=O) groups is 3. The number of amides is 3. The minimum Gasteiger partial charge on any atom is -0.340 e. The van der Waals surface area contributed by atoms with E-state index in [-0.39, 0.29) is 40.9 Å². The third kappa shape index (κ3) is 4.61. The molecule has 0 radical (unpaired) electrons. The number of rotatable bonds is 5. The molecule has 2 aliphatic heterocycles. The largest absolute Gasteiger partial charge is 0.340 e. The molecule has 2 aromatic carbocycles. The third-order valence-electron chi connectivity index (χ3n) is 6.44. The molecular formula is C26H24Cl2FN3O3. The fraction of sp³-hybridized carbons (Fsp3) is 0.346. The molecule has 2 heterocycles. The second-order valence-electron chi connectivity index (χ2n) is 9.48. The molecule has 2 aliphatic rings. The molecule has 1 spiro atoms.